The minimum absolute atomic E-state index is 0.0633. The molecule has 1 fully saturated rings. The summed E-state index contributed by atoms with van der Waals surface area (Å²) in [7, 11) is -3.23. The van der Waals surface area contributed by atoms with Crippen molar-refractivity contribution in [3.63, 3.8) is 0 Å². The smallest absolute Gasteiger partial charge is 0.356 e. The van der Waals surface area contributed by atoms with Gasteiger partial charge in [0.2, 0.25) is 15.9 Å². The van der Waals surface area contributed by atoms with E-state index in [0.29, 0.717) is 13.1 Å². The van der Waals surface area contributed by atoms with Gasteiger partial charge >= 0.3 is 5.97 Å². The predicted molar refractivity (Wildman–Crippen MR) is 72.2 cm³/mol. The summed E-state index contributed by atoms with van der Waals surface area (Å²) in [6, 6.07) is 1.32. The molecule has 10 heteroatoms. The lowest BCUT2D eigenvalue weighted by molar-refractivity contribution is -0.133. The summed E-state index contributed by atoms with van der Waals surface area (Å²) in [5, 5.41) is 12.5. The van der Waals surface area contributed by atoms with Crippen LogP contribution in [0.25, 0.3) is 0 Å². The van der Waals surface area contributed by atoms with Gasteiger partial charge in [-0.25, -0.2) is 13.2 Å². The standard InChI is InChI=1S/C11H16N4O5S/c1-21(19,20)15-6-4-13(5-7-15)10(16)8-14-3-2-9(12-14)11(17)18/h2-3H,4-8H2,1H3,(H,17,18). The average Bonchev–Trinajstić information content (AvgIpc) is 2.86. The molecule has 116 valence electrons. The molecule has 1 aromatic rings. The molecule has 0 spiro atoms. The largest absolute Gasteiger partial charge is 0.476 e. The maximum absolute atomic E-state index is 12.1. The highest BCUT2D eigenvalue weighted by Crippen LogP contribution is 2.07. The highest BCUT2D eigenvalue weighted by molar-refractivity contribution is 7.88. The van der Waals surface area contributed by atoms with Crippen LogP contribution in [0.1, 0.15) is 10.5 Å². The molecule has 1 amide bonds. The van der Waals surface area contributed by atoms with Gasteiger partial charge in [-0.05, 0) is 6.07 Å². The first-order valence-electron chi connectivity index (χ1n) is 6.27. The minimum atomic E-state index is -3.23. The lowest BCUT2D eigenvalue weighted by atomic mass is 10.3. The number of sulfonamides is 1. The number of aromatic carboxylic acids is 1. The van der Waals surface area contributed by atoms with Crippen molar-refractivity contribution >= 4 is 21.9 Å². The van der Waals surface area contributed by atoms with Crippen LogP contribution in [0, 0.1) is 0 Å². The fraction of sp³-hybridized carbons (Fsp3) is 0.545. The number of amides is 1. The van der Waals surface area contributed by atoms with Crippen LogP contribution in [0.4, 0.5) is 0 Å². The molecule has 0 atom stereocenters. The van der Waals surface area contributed by atoms with E-state index in [2.05, 4.69) is 5.10 Å². The number of hydrogen-bond acceptors (Lipinski definition) is 5. The molecule has 0 aliphatic carbocycles. The molecule has 1 aliphatic rings. The molecule has 0 bridgehead atoms. The van der Waals surface area contributed by atoms with Gasteiger partial charge in [0, 0.05) is 32.4 Å². The zero-order chi connectivity index (χ0) is 15.6. The van der Waals surface area contributed by atoms with E-state index >= 15 is 0 Å². The number of carbonyl (C=O) groups excluding carboxylic acids is 1. The van der Waals surface area contributed by atoms with E-state index in [-0.39, 0.29) is 31.2 Å². The van der Waals surface area contributed by atoms with Crippen molar-refractivity contribution in [2.75, 3.05) is 32.4 Å². The molecule has 21 heavy (non-hydrogen) atoms. The molecule has 0 saturated carbocycles. The van der Waals surface area contributed by atoms with E-state index in [1.54, 1.807) is 4.90 Å². The molecule has 1 saturated heterocycles. The summed E-state index contributed by atoms with van der Waals surface area (Å²) in [4.78, 5) is 24.3. The van der Waals surface area contributed by atoms with Crippen molar-refractivity contribution < 1.29 is 23.1 Å². The van der Waals surface area contributed by atoms with Crippen molar-refractivity contribution in [2.45, 2.75) is 6.54 Å². The summed E-state index contributed by atoms with van der Waals surface area (Å²) in [6.07, 6.45) is 2.57. The molecule has 1 aliphatic heterocycles. The van der Waals surface area contributed by atoms with E-state index in [1.165, 1.54) is 21.3 Å². The summed E-state index contributed by atoms with van der Waals surface area (Å²) >= 11 is 0. The van der Waals surface area contributed by atoms with Crippen molar-refractivity contribution in [2.24, 2.45) is 0 Å². The van der Waals surface area contributed by atoms with Crippen molar-refractivity contribution in [3.05, 3.63) is 18.0 Å². The Kier molecular flexibility index (Phi) is 4.28. The molecular formula is C11H16N4O5S. The van der Waals surface area contributed by atoms with Crippen LogP contribution in [-0.4, -0.2) is 76.8 Å². The monoisotopic (exact) mass is 316 g/mol. The number of nitrogens with zero attached hydrogens (tertiary/aromatic N) is 4. The number of rotatable bonds is 4. The maximum atomic E-state index is 12.1. The SMILES string of the molecule is CS(=O)(=O)N1CCN(C(=O)Cn2ccc(C(=O)O)n2)CC1. The summed E-state index contributed by atoms with van der Waals surface area (Å²) in [6.45, 7) is 1.11. The third kappa shape index (κ3) is 3.79. The Hall–Kier alpha value is -1.94. The number of carbonyl (C=O) groups is 2. The molecular weight excluding hydrogens is 300 g/mol. The van der Waals surface area contributed by atoms with E-state index in [0.717, 1.165) is 6.26 Å². The predicted octanol–water partition coefficient (Wildman–Crippen LogP) is -1.31. The Morgan fingerprint density at radius 2 is 1.90 bits per heavy atom. The first kappa shape index (κ1) is 15.4. The summed E-state index contributed by atoms with van der Waals surface area (Å²) in [5.74, 6) is -1.37. The van der Waals surface area contributed by atoms with Gasteiger partial charge in [-0.15, -0.1) is 0 Å². The molecule has 2 heterocycles. The summed E-state index contributed by atoms with van der Waals surface area (Å²) in [5.41, 5.74) is -0.121. The Labute approximate surface area is 121 Å². The van der Waals surface area contributed by atoms with Gasteiger partial charge in [0.1, 0.15) is 6.54 Å². The second-order valence-electron chi connectivity index (χ2n) is 4.75. The van der Waals surface area contributed by atoms with E-state index in [4.69, 9.17) is 5.11 Å². The molecule has 0 radical (unpaired) electrons. The van der Waals surface area contributed by atoms with Crippen molar-refractivity contribution in [1.29, 1.82) is 0 Å². The normalized spacial score (nSPS) is 16.9. The number of hydrogen-bond donors (Lipinski definition) is 1. The number of piperazine rings is 1. The molecule has 2 rings (SSSR count). The highest BCUT2D eigenvalue weighted by Gasteiger charge is 2.26. The van der Waals surface area contributed by atoms with Crippen molar-refractivity contribution in [3.8, 4) is 0 Å². The van der Waals surface area contributed by atoms with Crippen LogP contribution >= 0.6 is 0 Å². The fourth-order valence-corrected chi connectivity index (χ4v) is 2.90. The molecule has 1 N–H and O–H groups in total. The van der Waals surface area contributed by atoms with Crippen LogP contribution in [0.5, 0.6) is 0 Å². The molecule has 9 nitrogen and oxygen atoms in total. The Morgan fingerprint density at radius 1 is 1.29 bits per heavy atom. The van der Waals surface area contributed by atoms with Crippen molar-refractivity contribution in [1.82, 2.24) is 19.0 Å². The topological polar surface area (TPSA) is 113 Å². The number of aromatic nitrogens is 2. The number of carboxylic acid groups (broad SMARTS) is 1. The van der Waals surface area contributed by atoms with Gasteiger partial charge in [0.05, 0.1) is 6.26 Å². The maximum Gasteiger partial charge on any atom is 0.356 e. The Balaban J connectivity index is 1.91. The third-order valence-electron chi connectivity index (χ3n) is 3.22. The zero-order valence-corrected chi connectivity index (χ0v) is 12.3. The first-order valence-corrected chi connectivity index (χ1v) is 8.12. The van der Waals surface area contributed by atoms with E-state index < -0.39 is 16.0 Å². The van der Waals surface area contributed by atoms with Crippen LogP contribution in [0.2, 0.25) is 0 Å². The Morgan fingerprint density at radius 3 is 2.38 bits per heavy atom. The Bertz CT molecular complexity index is 645. The van der Waals surface area contributed by atoms with Crippen LogP contribution in [-0.2, 0) is 21.4 Å². The third-order valence-corrected chi connectivity index (χ3v) is 4.52. The van der Waals surface area contributed by atoms with Gasteiger partial charge in [-0.2, -0.15) is 9.40 Å². The minimum Gasteiger partial charge on any atom is -0.476 e. The molecule has 0 aromatic carbocycles. The van der Waals surface area contributed by atoms with Gasteiger partial charge in [0.15, 0.2) is 5.69 Å². The summed E-state index contributed by atoms with van der Waals surface area (Å²) < 4.78 is 25.3. The zero-order valence-electron chi connectivity index (χ0n) is 11.5. The molecule has 0 unspecified atom stereocenters. The van der Waals surface area contributed by atoms with Gasteiger partial charge in [-0.3, -0.25) is 9.48 Å². The quantitative estimate of drug-likeness (QED) is 0.737. The van der Waals surface area contributed by atoms with Crippen LogP contribution in [0.15, 0.2) is 12.3 Å². The fourth-order valence-electron chi connectivity index (χ4n) is 2.07. The second-order valence-corrected chi connectivity index (χ2v) is 6.73. The van der Waals surface area contributed by atoms with Crippen LogP contribution in [0.3, 0.4) is 0 Å². The highest BCUT2D eigenvalue weighted by atomic mass is 32.2. The molecule has 1 aromatic heterocycles. The lowest BCUT2D eigenvalue weighted by Gasteiger charge is -2.33. The van der Waals surface area contributed by atoms with E-state index in [9.17, 15) is 18.0 Å². The van der Waals surface area contributed by atoms with Gasteiger partial charge in [-0.1, -0.05) is 0 Å². The number of carboxylic acids is 1. The second kappa shape index (κ2) is 5.82. The van der Waals surface area contributed by atoms with E-state index in [1.807, 2.05) is 0 Å². The van der Waals surface area contributed by atoms with Crippen LogP contribution < -0.4 is 0 Å². The first-order chi connectivity index (χ1) is 9.77. The van der Waals surface area contributed by atoms with Gasteiger partial charge in [0.25, 0.3) is 0 Å². The average molecular weight is 316 g/mol. The lowest BCUT2D eigenvalue weighted by Crippen LogP contribution is -2.51. The van der Waals surface area contributed by atoms with Gasteiger partial charge < -0.3 is 10.0 Å².